The van der Waals surface area contributed by atoms with E-state index in [4.69, 9.17) is 0 Å². The third-order valence-electron chi connectivity index (χ3n) is 16.0. The van der Waals surface area contributed by atoms with Crippen molar-refractivity contribution in [1.29, 1.82) is 0 Å². The molecule has 0 atom stereocenters. The predicted octanol–water partition coefficient (Wildman–Crippen LogP) is 24.8. The molecular formula is C71H122N2Ni. The van der Waals surface area contributed by atoms with E-state index in [1.807, 2.05) is 14.4 Å². The summed E-state index contributed by atoms with van der Waals surface area (Å²) in [6.07, 6.45) is 60.2. The van der Waals surface area contributed by atoms with Crippen molar-refractivity contribution in [2.45, 2.75) is 343 Å². The second-order valence-corrected chi connectivity index (χ2v) is 24.3. The fraction of sp³-hybridized carbons (Fsp3) is 0.746. The molecule has 0 aliphatic carbocycles. The number of hydrogen-bond donors (Lipinski definition) is 0. The van der Waals surface area contributed by atoms with Gasteiger partial charge in [0.25, 0.3) is 0 Å². The van der Waals surface area contributed by atoms with E-state index in [9.17, 15) is 5.53 Å². The summed E-state index contributed by atoms with van der Waals surface area (Å²) in [5.74, 6) is 0. The number of nitrogens with zero attached hydrogens (tertiary/aromatic N) is 2. The Balaban J connectivity index is 0.000000537. The SMILES string of the molecule is CCCCC=CC1=C(c2cc(C)c(C)c(C)c2)[N+](=[N-])C(c2cc(CCCC)c(CCCC)c(CCCC)c2)=C1CCCC.CCCCCCCCCCCCCC[CH2][Ni][CH2]CCCCCCCCCCCCCC. The van der Waals surface area contributed by atoms with Gasteiger partial charge in [-0.25, -0.2) is 4.70 Å². The molecular weight excluding hydrogens is 939 g/mol. The van der Waals surface area contributed by atoms with E-state index >= 15 is 0 Å². The molecule has 0 spiro atoms. The number of unbranched alkanes of at least 4 members (excludes halogenated alkanes) is 30. The van der Waals surface area contributed by atoms with E-state index in [1.54, 1.807) is 10.3 Å². The Morgan fingerprint density at radius 3 is 1.15 bits per heavy atom. The number of benzene rings is 2. The molecule has 0 fully saturated rings. The van der Waals surface area contributed by atoms with Crippen LogP contribution in [0.3, 0.4) is 0 Å². The van der Waals surface area contributed by atoms with Crippen molar-refractivity contribution in [3.05, 3.63) is 97.6 Å². The van der Waals surface area contributed by atoms with Gasteiger partial charge in [-0.05, 0) is 136 Å². The van der Waals surface area contributed by atoms with Crippen LogP contribution in [0.25, 0.3) is 16.9 Å². The Morgan fingerprint density at radius 1 is 0.392 bits per heavy atom. The van der Waals surface area contributed by atoms with Crippen LogP contribution in [0, 0.1) is 20.8 Å². The van der Waals surface area contributed by atoms with Crippen molar-refractivity contribution in [3.63, 3.8) is 0 Å². The summed E-state index contributed by atoms with van der Waals surface area (Å²) in [6, 6.07) is 9.45. The Bertz CT molecular complexity index is 1750. The van der Waals surface area contributed by atoms with Crippen LogP contribution in [0.1, 0.15) is 337 Å². The van der Waals surface area contributed by atoms with Crippen LogP contribution in [-0.2, 0) is 33.7 Å². The van der Waals surface area contributed by atoms with Crippen LogP contribution in [-0.4, -0.2) is 4.70 Å². The van der Waals surface area contributed by atoms with E-state index in [0.29, 0.717) is 0 Å². The minimum atomic E-state index is 0.945. The molecule has 2 aromatic carbocycles. The average Bonchev–Trinajstić information content (AvgIpc) is 3.68. The maximum absolute atomic E-state index is 12.3. The van der Waals surface area contributed by atoms with E-state index in [1.165, 1.54) is 274 Å². The molecule has 426 valence electrons. The maximum atomic E-state index is 12.3. The van der Waals surface area contributed by atoms with Crippen LogP contribution >= 0.6 is 0 Å². The van der Waals surface area contributed by atoms with Crippen molar-refractivity contribution in [1.82, 2.24) is 0 Å². The third-order valence-corrected chi connectivity index (χ3v) is 17.4. The molecule has 2 nitrogen and oxygen atoms in total. The van der Waals surface area contributed by atoms with Gasteiger partial charge in [0.15, 0.2) is 0 Å². The molecule has 0 radical (unpaired) electrons. The molecule has 74 heavy (non-hydrogen) atoms. The smallest absolute Gasteiger partial charge is 0.0654 e. The van der Waals surface area contributed by atoms with Gasteiger partial charge in [-0.1, -0.05) is 125 Å². The molecule has 1 heterocycles. The van der Waals surface area contributed by atoms with Gasteiger partial charge in [-0.15, -0.1) is 0 Å². The molecule has 0 amide bonds. The standard InChI is InChI=1S/C41H60N2.2C15H31.Ni/c1-9-14-19-20-25-39-38(24-18-13-5)41(43(42)40(39)35-26-30(6)32(8)31(7)27-35)36-28-33(21-15-10-2)37(23-17-12-4)34(29-36)22-16-11-3;2*1-3-5-7-9-11-13-15-14-12-10-8-6-4-2;/h20,25-29H,9-19,21-24H2,1-8H3;2*1,3-15H2,2H3;. The second kappa shape index (κ2) is 45.7. The molecule has 0 saturated carbocycles. The Hall–Kier alpha value is -2.25. The summed E-state index contributed by atoms with van der Waals surface area (Å²) in [5, 5.41) is 2.87. The van der Waals surface area contributed by atoms with E-state index < -0.39 is 0 Å². The van der Waals surface area contributed by atoms with E-state index in [-0.39, 0.29) is 0 Å². The van der Waals surface area contributed by atoms with Crippen LogP contribution in [0.5, 0.6) is 0 Å². The fourth-order valence-corrected chi connectivity index (χ4v) is 12.1. The van der Waals surface area contributed by atoms with Crippen LogP contribution in [0.15, 0.2) is 47.6 Å². The number of hydrogen-bond acceptors (Lipinski definition) is 0. The monoisotopic (exact) mass is 1060 g/mol. The number of aryl methyl sites for hydroxylation is 4. The first-order valence-electron chi connectivity index (χ1n) is 32.5. The minimum absolute atomic E-state index is 0.945. The number of rotatable bonds is 46. The molecule has 1 aliphatic heterocycles. The summed E-state index contributed by atoms with van der Waals surface area (Å²) in [6.45, 7) is 22.6. The molecule has 2 aromatic rings. The van der Waals surface area contributed by atoms with Gasteiger partial charge in [-0.2, -0.15) is 0 Å². The van der Waals surface area contributed by atoms with Crippen molar-refractivity contribution < 1.29 is 19.1 Å². The quantitative estimate of drug-likeness (QED) is 0.0359. The topological polar surface area (TPSA) is 25.3 Å². The van der Waals surface area contributed by atoms with E-state index in [2.05, 4.69) is 106 Å². The molecule has 0 saturated heterocycles. The van der Waals surface area contributed by atoms with Crippen molar-refractivity contribution in [2.75, 3.05) is 0 Å². The zero-order chi connectivity index (χ0) is 53.9. The van der Waals surface area contributed by atoms with Crippen molar-refractivity contribution in [3.8, 4) is 0 Å². The van der Waals surface area contributed by atoms with Crippen LogP contribution in [0.4, 0.5) is 0 Å². The number of allylic oxidation sites excluding steroid dienone is 4. The molecule has 0 aromatic heterocycles. The minimum Gasteiger partial charge on any atom is -0.0654 e. The first kappa shape index (κ1) is 67.9. The normalized spacial score (nSPS) is 12.9. The zero-order valence-corrected chi connectivity index (χ0v) is 52.1. The van der Waals surface area contributed by atoms with Gasteiger partial charge in [-0.3, -0.25) is 0 Å². The molecule has 1 aliphatic rings. The summed E-state index contributed by atoms with van der Waals surface area (Å²) in [7, 11) is 0. The van der Waals surface area contributed by atoms with Crippen molar-refractivity contribution >= 4 is 11.4 Å². The fourth-order valence-electron chi connectivity index (χ4n) is 10.9. The van der Waals surface area contributed by atoms with Gasteiger partial charge in [0.2, 0.25) is 11.4 Å². The second-order valence-electron chi connectivity index (χ2n) is 22.8. The first-order chi connectivity index (χ1) is 36.2. The average molecular weight is 1060 g/mol. The molecule has 3 heteroatoms. The zero-order valence-electron chi connectivity index (χ0n) is 51.1. The van der Waals surface area contributed by atoms with Gasteiger partial charge in [0.05, 0.1) is 5.57 Å². The summed E-state index contributed by atoms with van der Waals surface area (Å²) >= 11 is 2.04. The molecule has 0 bridgehead atoms. The Kier molecular flexibility index (Phi) is 41.9. The van der Waals surface area contributed by atoms with Gasteiger partial charge >= 0.3 is 166 Å². The molecule has 0 unspecified atom stereocenters. The van der Waals surface area contributed by atoms with Crippen molar-refractivity contribution in [2.24, 2.45) is 0 Å². The molecule has 3 rings (SSSR count). The van der Waals surface area contributed by atoms with Crippen LogP contribution in [0.2, 0.25) is 10.8 Å². The summed E-state index contributed by atoms with van der Waals surface area (Å²) < 4.78 is 1.57. The third kappa shape index (κ3) is 28.4. The van der Waals surface area contributed by atoms with Gasteiger partial charge in [0, 0.05) is 16.7 Å². The first-order valence-corrected chi connectivity index (χ1v) is 33.9. The Labute approximate surface area is 468 Å². The summed E-state index contributed by atoms with van der Waals surface area (Å²) in [4.78, 5) is 0. The summed E-state index contributed by atoms with van der Waals surface area (Å²) in [5.41, 5.74) is 27.5. The van der Waals surface area contributed by atoms with Gasteiger partial charge in [0.1, 0.15) is 0 Å². The molecule has 0 N–H and O–H groups in total. The predicted molar refractivity (Wildman–Crippen MR) is 330 cm³/mol. The van der Waals surface area contributed by atoms with Gasteiger partial charge < -0.3 is 5.53 Å². The van der Waals surface area contributed by atoms with E-state index in [0.717, 1.165) is 61.9 Å². The Morgan fingerprint density at radius 2 is 0.743 bits per heavy atom. The van der Waals surface area contributed by atoms with Crippen LogP contribution < -0.4 is 0 Å².